The molecule has 3 rings (SSSR count). The van der Waals surface area contributed by atoms with Gasteiger partial charge in [-0.3, -0.25) is 24.8 Å². The van der Waals surface area contributed by atoms with E-state index >= 15 is 0 Å². The summed E-state index contributed by atoms with van der Waals surface area (Å²) < 4.78 is 13.3. The minimum absolute atomic E-state index is 0.0572. The number of thioether (sulfide) groups is 1. The van der Waals surface area contributed by atoms with E-state index in [0.717, 1.165) is 11.6 Å². The predicted molar refractivity (Wildman–Crippen MR) is 99.1 cm³/mol. The van der Waals surface area contributed by atoms with E-state index in [-0.39, 0.29) is 22.1 Å². The first kappa shape index (κ1) is 18.3. The predicted octanol–water partition coefficient (Wildman–Crippen LogP) is 4.13. The van der Waals surface area contributed by atoms with E-state index in [2.05, 4.69) is 4.99 Å². The van der Waals surface area contributed by atoms with Gasteiger partial charge in [0.15, 0.2) is 5.17 Å². The second kappa shape index (κ2) is 7.84. The highest BCUT2D eigenvalue weighted by atomic mass is 35.5. The molecule has 26 heavy (non-hydrogen) atoms. The number of halogens is 2. The lowest BCUT2D eigenvalue weighted by molar-refractivity contribution is -0.384. The van der Waals surface area contributed by atoms with E-state index < -0.39 is 10.8 Å². The maximum absolute atomic E-state index is 13.3. The molecule has 1 amide bonds. The van der Waals surface area contributed by atoms with Crippen molar-refractivity contribution in [2.75, 3.05) is 13.1 Å². The van der Waals surface area contributed by atoms with Gasteiger partial charge in [0, 0.05) is 24.4 Å². The number of amidine groups is 1. The lowest BCUT2D eigenvalue weighted by Crippen LogP contribution is -2.33. The number of carbonyl (C=O) groups is 1. The molecule has 0 atom stereocenters. The maximum Gasteiger partial charge on any atom is 0.270 e. The molecule has 0 fully saturated rings. The van der Waals surface area contributed by atoms with E-state index in [0.29, 0.717) is 24.0 Å². The molecule has 0 unspecified atom stereocenters. The number of carbonyl (C=O) groups excluding carboxylic acids is 1. The Bertz CT molecular complexity index is 907. The van der Waals surface area contributed by atoms with Crippen LogP contribution in [0.3, 0.4) is 0 Å². The summed E-state index contributed by atoms with van der Waals surface area (Å²) in [5.74, 6) is -0.322. The molecule has 1 heterocycles. The van der Waals surface area contributed by atoms with Crippen LogP contribution >= 0.6 is 23.4 Å². The second-order valence-electron chi connectivity index (χ2n) is 5.46. The van der Waals surface area contributed by atoms with Gasteiger partial charge in [0.05, 0.1) is 22.1 Å². The van der Waals surface area contributed by atoms with Gasteiger partial charge in [0.2, 0.25) is 0 Å². The van der Waals surface area contributed by atoms with Crippen LogP contribution in [0.5, 0.6) is 0 Å². The van der Waals surface area contributed by atoms with Gasteiger partial charge in [-0.05, 0) is 23.8 Å². The minimum Gasteiger partial charge on any atom is -0.286 e. The lowest BCUT2D eigenvalue weighted by atomic mass is 10.2. The Balaban J connectivity index is 1.76. The largest absolute Gasteiger partial charge is 0.286 e. The molecular weight excluding hydrogens is 381 g/mol. The van der Waals surface area contributed by atoms with Crippen LogP contribution in [0.1, 0.15) is 15.9 Å². The van der Waals surface area contributed by atoms with Crippen LogP contribution in [-0.4, -0.2) is 34.0 Å². The summed E-state index contributed by atoms with van der Waals surface area (Å²) in [4.78, 5) is 28.9. The fourth-order valence-electron chi connectivity index (χ4n) is 2.45. The number of non-ortho nitro benzene ring substituents is 1. The highest BCUT2D eigenvalue weighted by molar-refractivity contribution is 8.13. The molecule has 0 aliphatic carbocycles. The van der Waals surface area contributed by atoms with Gasteiger partial charge < -0.3 is 0 Å². The molecule has 2 aromatic rings. The van der Waals surface area contributed by atoms with Crippen molar-refractivity contribution in [3.8, 4) is 0 Å². The highest BCUT2D eigenvalue weighted by Crippen LogP contribution is 2.27. The summed E-state index contributed by atoms with van der Waals surface area (Å²) in [6, 6.07) is 9.94. The average Bonchev–Trinajstić information content (AvgIpc) is 3.08. The van der Waals surface area contributed by atoms with Gasteiger partial charge in [-0.15, -0.1) is 0 Å². The fourth-order valence-corrected chi connectivity index (χ4v) is 3.64. The molecule has 0 N–H and O–H groups in total. The molecule has 134 valence electrons. The van der Waals surface area contributed by atoms with Crippen molar-refractivity contribution in [3.63, 3.8) is 0 Å². The standard InChI is InChI=1S/C17H13ClFN3O3S/c18-15-5-4-13(22(24)25)9-14(15)16(23)21-7-6-20-17(21)26-10-11-2-1-3-12(19)8-11/h1-5,8-9H,6-7,10H2. The van der Waals surface area contributed by atoms with E-state index in [1.807, 2.05) is 0 Å². The number of rotatable bonds is 4. The van der Waals surface area contributed by atoms with Gasteiger partial charge in [-0.1, -0.05) is 35.5 Å². The van der Waals surface area contributed by atoms with Crippen molar-refractivity contribution in [3.05, 3.63) is 74.5 Å². The molecule has 0 saturated heterocycles. The molecular formula is C17H13ClFN3O3S. The van der Waals surface area contributed by atoms with Crippen molar-refractivity contribution < 1.29 is 14.1 Å². The summed E-state index contributed by atoms with van der Waals surface area (Å²) in [6.45, 7) is 0.799. The zero-order chi connectivity index (χ0) is 18.7. The molecule has 0 aromatic heterocycles. The zero-order valence-corrected chi connectivity index (χ0v) is 15.0. The highest BCUT2D eigenvalue weighted by Gasteiger charge is 2.27. The summed E-state index contributed by atoms with van der Waals surface area (Å²) in [5, 5.41) is 11.6. The second-order valence-corrected chi connectivity index (χ2v) is 6.81. The van der Waals surface area contributed by atoms with Gasteiger partial charge in [-0.2, -0.15) is 0 Å². The van der Waals surface area contributed by atoms with Gasteiger partial charge >= 0.3 is 0 Å². The normalized spacial score (nSPS) is 13.6. The van der Waals surface area contributed by atoms with Crippen LogP contribution in [0.15, 0.2) is 47.5 Å². The smallest absolute Gasteiger partial charge is 0.270 e. The Morgan fingerprint density at radius 2 is 2.15 bits per heavy atom. The first-order chi connectivity index (χ1) is 12.5. The van der Waals surface area contributed by atoms with Crippen LogP contribution < -0.4 is 0 Å². The SMILES string of the molecule is O=C(c1cc([N+](=O)[O-])ccc1Cl)N1CCN=C1SCc1cccc(F)c1. The van der Waals surface area contributed by atoms with Gasteiger partial charge in [0.25, 0.3) is 11.6 Å². The third-order valence-corrected chi connectivity index (χ3v) is 5.11. The summed E-state index contributed by atoms with van der Waals surface area (Å²) >= 11 is 7.36. The van der Waals surface area contributed by atoms with E-state index in [1.54, 1.807) is 12.1 Å². The molecule has 1 aliphatic heterocycles. The van der Waals surface area contributed by atoms with Gasteiger partial charge in [0.1, 0.15) is 5.82 Å². The van der Waals surface area contributed by atoms with E-state index in [4.69, 9.17) is 11.6 Å². The van der Waals surface area contributed by atoms with E-state index in [9.17, 15) is 19.3 Å². The Labute approximate surface area is 157 Å². The number of nitro groups is 1. The quantitative estimate of drug-likeness (QED) is 0.578. The molecule has 0 saturated carbocycles. The molecule has 2 aromatic carbocycles. The van der Waals surface area contributed by atoms with Gasteiger partial charge in [-0.25, -0.2) is 4.39 Å². The summed E-state index contributed by atoms with van der Waals surface area (Å²) in [7, 11) is 0. The van der Waals surface area contributed by atoms with Crippen molar-refractivity contribution in [2.24, 2.45) is 4.99 Å². The van der Waals surface area contributed by atoms with Crippen LogP contribution in [0.2, 0.25) is 5.02 Å². The summed E-state index contributed by atoms with van der Waals surface area (Å²) in [6.07, 6.45) is 0. The molecule has 9 heteroatoms. The summed E-state index contributed by atoms with van der Waals surface area (Å²) in [5.41, 5.74) is 0.620. The number of aliphatic imine (C=N–C) groups is 1. The monoisotopic (exact) mass is 393 g/mol. The number of amides is 1. The van der Waals surface area contributed by atoms with Crippen LogP contribution in [0, 0.1) is 15.9 Å². The fraction of sp³-hybridized carbons (Fsp3) is 0.176. The number of benzene rings is 2. The molecule has 0 radical (unpaired) electrons. The van der Waals surface area contributed by atoms with Crippen LogP contribution in [-0.2, 0) is 5.75 Å². The van der Waals surface area contributed by atoms with Crippen LogP contribution in [0.25, 0.3) is 0 Å². The van der Waals surface area contributed by atoms with Crippen molar-refractivity contribution in [2.45, 2.75) is 5.75 Å². The van der Waals surface area contributed by atoms with Crippen molar-refractivity contribution in [1.29, 1.82) is 0 Å². The van der Waals surface area contributed by atoms with E-state index in [1.165, 1.54) is 40.9 Å². The topological polar surface area (TPSA) is 75.8 Å². The zero-order valence-electron chi connectivity index (χ0n) is 13.4. The third-order valence-electron chi connectivity index (χ3n) is 3.69. The Hall–Kier alpha value is -2.45. The number of nitrogens with zero attached hydrogens (tertiary/aromatic N) is 3. The molecule has 0 spiro atoms. The van der Waals surface area contributed by atoms with Crippen molar-refractivity contribution >= 4 is 40.1 Å². The number of nitro benzene ring substituents is 1. The first-order valence-electron chi connectivity index (χ1n) is 7.63. The number of hydrogen-bond acceptors (Lipinski definition) is 5. The number of hydrogen-bond donors (Lipinski definition) is 0. The minimum atomic E-state index is -0.579. The Kier molecular flexibility index (Phi) is 5.53. The maximum atomic E-state index is 13.3. The van der Waals surface area contributed by atoms with Crippen LogP contribution in [0.4, 0.5) is 10.1 Å². The Morgan fingerprint density at radius 1 is 1.35 bits per heavy atom. The first-order valence-corrected chi connectivity index (χ1v) is 8.99. The third kappa shape index (κ3) is 4.03. The van der Waals surface area contributed by atoms with Crippen molar-refractivity contribution in [1.82, 2.24) is 4.90 Å². The molecule has 1 aliphatic rings. The molecule has 0 bridgehead atoms. The Morgan fingerprint density at radius 3 is 2.88 bits per heavy atom. The lowest BCUT2D eigenvalue weighted by Gasteiger charge is -2.18. The molecule has 6 nitrogen and oxygen atoms in total. The average molecular weight is 394 g/mol.